The molecule has 2 unspecified atom stereocenters. The molecule has 1 aliphatic rings. The van der Waals surface area contributed by atoms with Crippen molar-refractivity contribution < 1.29 is 4.74 Å². The summed E-state index contributed by atoms with van der Waals surface area (Å²) in [6.07, 6.45) is 1.15. The van der Waals surface area contributed by atoms with Crippen LogP contribution in [0.15, 0.2) is 6.07 Å². The smallest absolute Gasteiger partial charge is 0.0620 e. The maximum Gasteiger partial charge on any atom is 0.0620 e. The Morgan fingerprint density at radius 3 is 2.87 bits per heavy atom. The second-order valence-electron chi connectivity index (χ2n) is 4.32. The highest BCUT2D eigenvalue weighted by molar-refractivity contribution is 7.12. The van der Waals surface area contributed by atoms with Gasteiger partial charge >= 0.3 is 0 Å². The van der Waals surface area contributed by atoms with Gasteiger partial charge in [0.2, 0.25) is 0 Å². The van der Waals surface area contributed by atoms with E-state index in [0.717, 1.165) is 19.6 Å². The van der Waals surface area contributed by atoms with Gasteiger partial charge in [0, 0.05) is 28.4 Å². The second kappa shape index (κ2) is 4.64. The molecule has 0 aromatic carbocycles. The fourth-order valence-corrected chi connectivity index (χ4v) is 3.21. The average molecular weight is 225 g/mol. The number of rotatable bonds is 3. The van der Waals surface area contributed by atoms with E-state index in [1.807, 2.05) is 11.3 Å². The summed E-state index contributed by atoms with van der Waals surface area (Å²) in [7, 11) is 0. The predicted molar refractivity (Wildman–Crippen MR) is 64.6 cm³/mol. The van der Waals surface area contributed by atoms with Crippen LogP contribution in [0.25, 0.3) is 0 Å². The van der Waals surface area contributed by atoms with Crippen LogP contribution in [-0.4, -0.2) is 19.3 Å². The first-order valence-electron chi connectivity index (χ1n) is 5.57. The minimum Gasteiger partial charge on any atom is -0.380 e. The van der Waals surface area contributed by atoms with Gasteiger partial charge in [-0.25, -0.2) is 0 Å². The van der Waals surface area contributed by atoms with Crippen molar-refractivity contribution in [2.45, 2.75) is 39.3 Å². The average Bonchev–Trinajstić information content (AvgIpc) is 2.75. The van der Waals surface area contributed by atoms with E-state index >= 15 is 0 Å². The summed E-state index contributed by atoms with van der Waals surface area (Å²) in [6.45, 7) is 8.40. The summed E-state index contributed by atoms with van der Waals surface area (Å²) in [5, 5.41) is 3.63. The van der Waals surface area contributed by atoms with Crippen molar-refractivity contribution in [2.24, 2.45) is 0 Å². The SMILES string of the molecule is Cc1cc(C(C)NC2CCOC2)c(C)s1. The van der Waals surface area contributed by atoms with Crippen LogP contribution in [-0.2, 0) is 4.74 Å². The van der Waals surface area contributed by atoms with E-state index < -0.39 is 0 Å². The van der Waals surface area contributed by atoms with Gasteiger partial charge in [-0.1, -0.05) is 0 Å². The maximum atomic E-state index is 5.37. The molecular formula is C12H19NOS. The Balaban J connectivity index is 2.00. The Kier molecular flexibility index (Phi) is 3.44. The summed E-state index contributed by atoms with van der Waals surface area (Å²) in [4.78, 5) is 2.84. The molecule has 0 aliphatic carbocycles. The number of nitrogens with one attached hydrogen (secondary N) is 1. The summed E-state index contributed by atoms with van der Waals surface area (Å²) in [5.41, 5.74) is 1.45. The van der Waals surface area contributed by atoms with Crippen LogP contribution in [0, 0.1) is 13.8 Å². The highest BCUT2D eigenvalue weighted by atomic mass is 32.1. The Hall–Kier alpha value is -0.380. The highest BCUT2D eigenvalue weighted by Crippen LogP contribution is 2.26. The third-order valence-corrected chi connectivity index (χ3v) is 3.94. The first-order chi connectivity index (χ1) is 7.16. The van der Waals surface area contributed by atoms with Crippen molar-refractivity contribution in [2.75, 3.05) is 13.2 Å². The van der Waals surface area contributed by atoms with Crippen molar-refractivity contribution in [1.29, 1.82) is 0 Å². The minimum absolute atomic E-state index is 0.446. The van der Waals surface area contributed by atoms with Crippen LogP contribution in [0.5, 0.6) is 0 Å². The van der Waals surface area contributed by atoms with Crippen LogP contribution in [0.3, 0.4) is 0 Å². The predicted octanol–water partition coefficient (Wildman–Crippen LogP) is 2.80. The Morgan fingerprint density at radius 1 is 1.53 bits per heavy atom. The van der Waals surface area contributed by atoms with E-state index in [1.165, 1.54) is 15.3 Å². The quantitative estimate of drug-likeness (QED) is 0.854. The molecule has 1 fully saturated rings. The molecule has 3 heteroatoms. The first kappa shape index (κ1) is 11.1. The molecule has 2 heterocycles. The van der Waals surface area contributed by atoms with Crippen molar-refractivity contribution in [3.8, 4) is 0 Å². The lowest BCUT2D eigenvalue weighted by Crippen LogP contribution is -2.31. The molecule has 0 radical (unpaired) electrons. The zero-order valence-electron chi connectivity index (χ0n) is 9.67. The largest absolute Gasteiger partial charge is 0.380 e. The number of aryl methyl sites for hydroxylation is 2. The Morgan fingerprint density at radius 2 is 2.33 bits per heavy atom. The minimum atomic E-state index is 0.446. The van der Waals surface area contributed by atoms with Crippen LogP contribution in [0.1, 0.15) is 34.7 Å². The van der Waals surface area contributed by atoms with E-state index in [9.17, 15) is 0 Å². The lowest BCUT2D eigenvalue weighted by atomic mass is 10.1. The Bertz CT molecular complexity index is 328. The summed E-state index contributed by atoms with van der Waals surface area (Å²) in [5.74, 6) is 0. The molecule has 2 rings (SSSR count). The van der Waals surface area contributed by atoms with Gasteiger partial charge in [0.25, 0.3) is 0 Å². The molecule has 0 amide bonds. The molecule has 1 aromatic rings. The van der Waals surface area contributed by atoms with Gasteiger partial charge in [0.05, 0.1) is 6.61 Å². The zero-order chi connectivity index (χ0) is 10.8. The summed E-state index contributed by atoms with van der Waals surface area (Å²) in [6, 6.07) is 3.29. The van der Waals surface area contributed by atoms with Gasteiger partial charge in [0.15, 0.2) is 0 Å². The molecule has 1 aromatic heterocycles. The molecule has 0 bridgehead atoms. The number of hydrogen-bond acceptors (Lipinski definition) is 3. The van der Waals surface area contributed by atoms with E-state index in [-0.39, 0.29) is 0 Å². The molecule has 1 aliphatic heterocycles. The normalized spacial score (nSPS) is 23.3. The Labute approximate surface area is 95.6 Å². The monoisotopic (exact) mass is 225 g/mol. The van der Waals surface area contributed by atoms with Gasteiger partial charge in [0.1, 0.15) is 0 Å². The van der Waals surface area contributed by atoms with Crippen LogP contribution in [0.4, 0.5) is 0 Å². The van der Waals surface area contributed by atoms with Crippen molar-refractivity contribution >= 4 is 11.3 Å². The van der Waals surface area contributed by atoms with E-state index in [1.54, 1.807) is 0 Å². The van der Waals surface area contributed by atoms with Crippen LogP contribution >= 0.6 is 11.3 Å². The standard InChI is InChI=1S/C12H19NOS/c1-8-6-12(10(3)15-8)9(2)13-11-4-5-14-7-11/h6,9,11,13H,4-5,7H2,1-3H3. The fourth-order valence-electron chi connectivity index (χ4n) is 2.19. The summed E-state index contributed by atoms with van der Waals surface area (Å²) >= 11 is 1.88. The van der Waals surface area contributed by atoms with Crippen molar-refractivity contribution in [1.82, 2.24) is 5.32 Å². The lowest BCUT2D eigenvalue weighted by molar-refractivity contribution is 0.188. The highest BCUT2D eigenvalue weighted by Gasteiger charge is 2.19. The molecule has 2 atom stereocenters. The van der Waals surface area contributed by atoms with Gasteiger partial charge in [-0.3, -0.25) is 0 Å². The van der Waals surface area contributed by atoms with Gasteiger partial charge in [-0.15, -0.1) is 11.3 Å². The third kappa shape index (κ3) is 2.60. The van der Waals surface area contributed by atoms with E-state index in [2.05, 4.69) is 32.2 Å². The molecule has 0 spiro atoms. The van der Waals surface area contributed by atoms with Gasteiger partial charge in [-0.05, 0) is 38.8 Å². The van der Waals surface area contributed by atoms with Crippen LogP contribution in [0.2, 0.25) is 0 Å². The van der Waals surface area contributed by atoms with Crippen LogP contribution < -0.4 is 5.32 Å². The fraction of sp³-hybridized carbons (Fsp3) is 0.667. The molecule has 15 heavy (non-hydrogen) atoms. The topological polar surface area (TPSA) is 21.3 Å². The molecule has 84 valence electrons. The van der Waals surface area contributed by atoms with E-state index in [4.69, 9.17) is 4.74 Å². The molecular weight excluding hydrogens is 206 g/mol. The maximum absolute atomic E-state index is 5.37. The second-order valence-corrected chi connectivity index (χ2v) is 5.78. The van der Waals surface area contributed by atoms with Crippen molar-refractivity contribution in [3.63, 3.8) is 0 Å². The van der Waals surface area contributed by atoms with Gasteiger partial charge < -0.3 is 10.1 Å². The first-order valence-corrected chi connectivity index (χ1v) is 6.39. The lowest BCUT2D eigenvalue weighted by Gasteiger charge is -2.18. The number of hydrogen-bond donors (Lipinski definition) is 1. The third-order valence-electron chi connectivity index (χ3n) is 2.96. The van der Waals surface area contributed by atoms with E-state index in [0.29, 0.717) is 12.1 Å². The van der Waals surface area contributed by atoms with Crippen molar-refractivity contribution in [3.05, 3.63) is 21.4 Å². The zero-order valence-corrected chi connectivity index (χ0v) is 10.5. The molecule has 1 saturated heterocycles. The van der Waals surface area contributed by atoms with Gasteiger partial charge in [-0.2, -0.15) is 0 Å². The number of thiophene rings is 1. The summed E-state index contributed by atoms with van der Waals surface area (Å²) < 4.78 is 5.37. The molecule has 0 saturated carbocycles. The number of ether oxygens (including phenoxy) is 1. The molecule has 1 N–H and O–H groups in total. The molecule has 2 nitrogen and oxygen atoms in total.